The Morgan fingerprint density at radius 3 is 2.46 bits per heavy atom. The molecule has 0 radical (unpaired) electrons. The molecule has 1 aromatic carbocycles. The van der Waals surface area contributed by atoms with Crippen LogP contribution in [-0.2, 0) is 16.1 Å². The molecule has 1 saturated heterocycles. The topological polar surface area (TPSA) is 51.5 Å². The minimum absolute atomic E-state index is 0.0637. The van der Waals surface area contributed by atoms with Gasteiger partial charge in [0.25, 0.3) is 0 Å². The SMILES string of the molecule is CC(C)(C)C(=O)c1cn(CC(=O)N2CCOCC2)c2ccccc12. The van der Waals surface area contributed by atoms with E-state index in [1.54, 1.807) is 0 Å². The van der Waals surface area contributed by atoms with E-state index in [1.807, 2.05) is 60.7 Å². The van der Waals surface area contributed by atoms with Gasteiger partial charge in [-0.1, -0.05) is 39.0 Å². The van der Waals surface area contributed by atoms with E-state index in [0.717, 1.165) is 10.9 Å². The molecule has 5 heteroatoms. The molecule has 1 aliphatic heterocycles. The first-order valence-electron chi connectivity index (χ1n) is 8.36. The zero-order valence-corrected chi connectivity index (χ0v) is 14.5. The van der Waals surface area contributed by atoms with Crippen LogP contribution in [0, 0.1) is 5.41 Å². The predicted octanol–water partition coefficient (Wildman–Crippen LogP) is 2.73. The number of ketones is 1. The highest BCUT2D eigenvalue weighted by molar-refractivity contribution is 6.10. The molecule has 1 fully saturated rings. The van der Waals surface area contributed by atoms with Crippen molar-refractivity contribution in [3.05, 3.63) is 36.0 Å². The van der Waals surface area contributed by atoms with Crippen LogP contribution >= 0.6 is 0 Å². The number of Topliss-reactive ketones (excluding diaryl/α,β-unsaturated/α-hetero) is 1. The predicted molar refractivity (Wildman–Crippen MR) is 93.1 cm³/mol. The van der Waals surface area contributed by atoms with Crippen LogP contribution < -0.4 is 0 Å². The second-order valence-corrected chi connectivity index (χ2v) is 7.26. The van der Waals surface area contributed by atoms with Crippen LogP contribution in [0.1, 0.15) is 31.1 Å². The molecule has 0 aliphatic carbocycles. The molecule has 0 saturated carbocycles. The Balaban J connectivity index is 1.94. The Morgan fingerprint density at radius 2 is 1.79 bits per heavy atom. The lowest BCUT2D eigenvalue weighted by atomic mass is 9.86. The Hall–Kier alpha value is -2.14. The van der Waals surface area contributed by atoms with Crippen molar-refractivity contribution in [1.82, 2.24) is 9.47 Å². The number of carbonyl (C=O) groups is 2. The maximum absolute atomic E-state index is 12.8. The molecule has 0 unspecified atom stereocenters. The molecule has 1 aliphatic rings. The molecule has 1 amide bonds. The summed E-state index contributed by atoms with van der Waals surface area (Å²) in [6.07, 6.45) is 1.83. The number of carbonyl (C=O) groups excluding carboxylic acids is 2. The Labute approximate surface area is 142 Å². The molecular weight excluding hydrogens is 304 g/mol. The minimum Gasteiger partial charge on any atom is -0.378 e. The van der Waals surface area contributed by atoms with E-state index in [2.05, 4.69) is 0 Å². The molecule has 0 spiro atoms. The van der Waals surface area contributed by atoms with Gasteiger partial charge in [-0.25, -0.2) is 0 Å². The van der Waals surface area contributed by atoms with Gasteiger partial charge in [-0.05, 0) is 6.07 Å². The smallest absolute Gasteiger partial charge is 0.242 e. The van der Waals surface area contributed by atoms with Gasteiger partial charge in [-0.15, -0.1) is 0 Å². The Kier molecular flexibility index (Phi) is 4.45. The number of para-hydroxylation sites is 1. The van der Waals surface area contributed by atoms with Crippen LogP contribution in [0.2, 0.25) is 0 Å². The second kappa shape index (κ2) is 6.40. The van der Waals surface area contributed by atoms with Gasteiger partial charge in [0.15, 0.2) is 5.78 Å². The van der Waals surface area contributed by atoms with E-state index in [0.29, 0.717) is 31.9 Å². The fourth-order valence-corrected chi connectivity index (χ4v) is 3.02. The van der Waals surface area contributed by atoms with E-state index >= 15 is 0 Å². The maximum atomic E-state index is 12.8. The first-order chi connectivity index (χ1) is 11.4. The standard InChI is InChI=1S/C19H24N2O3/c1-19(2,3)18(23)15-12-21(16-7-5-4-6-14(15)16)13-17(22)20-8-10-24-11-9-20/h4-7,12H,8-11,13H2,1-3H3. The largest absolute Gasteiger partial charge is 0.378 e. The molecule has 0 atom stereocenters. The third-order valence-electron chi connectivity index (χ3n) is 4.38. The number of nitrogens with zero attached hydrogens (tertiary/aromatic N) is 2. The first-order valence-corrected chi connectivity index (χ1v) is 8.36. The number of amides is 1. The van der Waals surface area contributed by atoms with Gasteiger partial charge in [0.2, 0.25) is 5.91 Å². The number of ether oxygens (including phenoxy) is 1. The van der Waals surface area contributed by atoms with Crippen molar-refractivity contribution in [2.45, 2.75) is 27.3 Å². The van der Waals surface area contributed by atoms with Crippen molar-refractivity contribution >= 4 is 22.6 Å². The number of morpholine rings is 1. The van der Waals surface area contributed by atoms with Gasteiger partial charge in [0.1, 0.15) is 6.54 Å². The summed E-state index contributed by atoms with van der Waals surface area (Å²) in [6.45, 7) is 8.44. The quantitative estimate of drug-likeness (QED) is 0.814. The highest BCUT2D eigenvalue weighted by atomic mass is 16.5. The average Bonchev–Trinajstić information content (AvgIpc) is 2.93. The second-order valence-electron chi connectivity index (χ2n) is 7.26. The van der Waals surface area contributed by atoms with Crippen molar-refractivity contribution in [1.29, 1.82) is 0 Å². The summed E-state index contributed by atoms with van der Waals surface area (Å²) in [7, 11) is 0. The number of hydrogen-bond donors (Lipinski definition) is 0. The number of fused-ring (bicyclic) bond motifs is 1. The van der Waals surface area contributed by atoms with E-state index in [9.17, 15) is 9.59 Å². The van der Waals surface area contributed by atoms with Gasteiger partial charge in [-0.3, -0.25) is 9.59 Å². The minimum atomic E-state index is -0.455. The van der Waals surface area contributed by atoms with Gasteiger partial charge < -0.3 is 14.2 Å². The molecule has 0 bridgehead atoms. The van der Waals surface area contributed by atoms with Crippen LogP contribution in [0.4, 0.5) is 0 Å². The summed E-state index contributed by atoms with van der Waals surface area (Å²) in [4.78, 5) is 27.1. The molecule has 5 nitrogen and oxygen atoms in total. The van der Waals surface area contributed by atoms with Crippen molar-refractivity contribution in [3.63, 3.8) is 0 Å². The lowest BCUT2D eigenvalue weighted by Crippen LogP contribution is -2.42. The first kappa shape index (κ1) is 16.7. The van der Waals surface area contributed by atoms with E-state index < -0.39 is 5.41 Å². The number of hydrogen-bond acceptors (Lipinski definition) is 3. The summed E-state index contributed by atoms with van der Waals surface area (Å²) in [5.41, 5.74) is 1.16. The maximum Gasteiger partial charge on any atom is 0.242 e. The van der Waals surface area contributed by atoms with Crippen molar-refractivity contribution < 1.29 is 14.3 Å². The molecule has 2 aromatic rings. The van der Waals surface area contributed by atoms with E-state index in [-0.39, 0.29) is 18.2 Å². The summed E-state index contributed by atoms with van der Waals surface area (Å²) < 4.78 is 7.19. The van der Waals surface area contributed by atoms with Crippen LogP contribution in [-0.4, -0.2) is 47.5 Å². The monoisotopic (exact) mass is 328 g/mol. The average molecular weight is 328 g/mol. The normalized spacial score (nSPS) is 15.7. The highest BCUT2D eigenvalue weighted by Crippen LogP contribution is 2.28. The van der Waals surface area contributed by atoms with Gasteiger partial charge in [0.05, 0.1) is 13.2 Å². The lowest BCUT2D eigenvalue weighted by molar-refractivity contribution is -0.135. The fraction of sp³-hybridized carbons (Fsp3) is 0.474. The summed E-state index contributed by atoms with van der Waals surface area (Å²) in [6, 6.07) is 7.77. The van der Waals surface area contributed by atoms with Crippen LogP contribution in [0.5, 0.6) is 0 Å². The van der Waals surface area contributed by atoms with E-state index in [4.69, 9.17) is 4.74 Å². The molecule has 0 N–H and O–H groups in total. The summed E-state index contributed by atoms with van der Waals surface area (Å²) in [5, 5.41) is 0.909. The van der Waals surface area contributed by atoms with Crippen molar-refractivity contribution in [2.75, 3.05) is 26.3 Å². The van der Waals surface area contributed by atoms with Crippen LogP contribution in [0.3, 0.4) is 0 Å². The Bertz CT molecular complexity index is 765. The van der Waals surface area contributed by atoms with Gasteiger partial charge in [0, 0.05) is 41.2 Å². The molecule has 128 valence electrons. The van der Waals surface area contributed by atoms with Crippen molar-refractivity contribution in [2.24, 2.45) is 5.41 Å². The molecule has 2 heterocycles. The van der Waals surface area contributed by atoms with E-state index in [1.165, 1.54) is 0 Å². The number of aromatic nitrogens is 1. The third kappa shape index (κ3) is 3.22. The molecule has 3 rings (SSSR count). The van der Waals surface area contributed by atoms with Gasteiger partial charge in [-0.2, -0.15) is 0 Å². The van der Waals surface area contributed by atoms with Crippen molar-refractivity contribution in [3.8, 4) is 0 Å². The zero-order valence-electron chi connectivity index (χ0n) is 14.5. The van der Waals surface area contributed by atoms with Crippen LogP contribution in [0.15, 0.2) is 30.5 Å². The summed E-state index contributed by atoms with van der Waals surface area (Å²) >= 11 is 0. The van der Waals surface area contributed by atoms with Crippen LogP contribution in [0.25, 0.3) is 10.9 Å². The summed E-state index contributed by atoms with van der Waals surface area (Å²) in [5.74, 6) is 0.157. The number of benzene rings is 1. The third-order valence-corrected chi connectivity index (χ3v) is 4.38. The number of rotatable bonds is 3. The zero-order chi connectivity index (χ0) is 17.3. The lowest BCUT2D eigenvalue weighted by Gasteiger charge is -2.27. The Morgan fingerprint density at radius 1 is 1.12 bits per heavy atom. The highest BCUT2D eigenvalue weighted by Gasteiger charge is 2.27. The van der Waals surface area contributed by atoms with Gasteiger partial charge >= 0.3 is 0 Å². The molecule has 24 heavy (non-hydrogen) atoms. The molecule has 1 aromatic heterocycles. The fourth-order valence-electron chi connectivity index (χ4n) is 3.02. The molecular formula is C19H24N2O3.